The first-order valence-electron chi connectivity index (χ1n) is 3.03. The highest BCUT2D eigenvalue weighted by Gasteiger charge is 1.94. The van der Waals surface area contributed by atoms with Crippen LogP contribution in [0.1, 0.15) is 13.8 Å². The van der Waals surface area contributed by atoms with Crippen LogP contribution in [0.3, 0.4) is 0 Å². The largest absolute Gasteiger partial charge is 0.389 e. The molecular formula is C6H14NO. The van der Waals surface area contributed by atoms with E-state index in [9.17, 15) is 0 Å². The van der Waals surface area contributed by atoms with Crippen molar-refractivity contribution in [1.82, 2.24) is 4.90 Å². The van der Waals surface area contributed by atoms with Gasteiger partial charge in [0.05, 0.1) is 6.61 Å². The van der Waals surface area contributed by atoms with Crippen LogP contribution in [-0.2, 0) is 0 Å². The normalized spacial score (nSPS) is 10.5. The molecule has 0 aromatic rings. The van der Waals surface area contributed by atoms with Crippen LogP contribution in [0.4, 0.5) is 0 Å². The molecule has 2 heteroatoms. The predicted octanol–water partition coefficient (Wildman–Crippen LogP) is 0.862. The summed E-state index contributed by atoms with van der Waals surface area (Å²) in [5.74, 6) is 0. The van der Waals surface area contributed by atoms with E-state index in [2.05, 4.69) is 18.7 Å². The Labute approximate surface area is 51.1 Å². The fourth-order valence-corrected chi connectivity index (χ4v) is 0.597. The van der Waals surface area contributed by atoms with Crippen LogP contribution < -0.4 is 0 Å². The molecule has 1 N–H and O–H groups in total. The zero-order valence-electron chi connectivity index (χ0n) is 5.59. The zero-order chi connectivity index (χ0) is 6.41. The van der Waals surface area contributed by atoms with Gasteiger partial charge in [0.15, 0.2) is 0 Å². The van der Waals surface area contributed by atoms with Crippen LogP contribution in [0.2, 0.25) is 0 Å². The monoisotopic (exact) mass is 116 g/mol. The molecule has 0 aromatic carbocycles. The number of likely N-dealkylation sites (N-methyl/N-ethyl adjacent to an activating group) is 1. The van der Waals surface area contributed by atoms with Crippen molar-refractivity contribution in [3.63, 3.8) is 0 Å². The van der Waals surface area contributed by atoms with E-state index in [1.54, 1.807) is 0 Å². The van der Waals surface area contributed by atoms with Gasteiger partial charge in [-0.2, -0.15) is 0 Å². The van der Waals surface area contributed by atoms with E-state index in [4.69, 9.17) is 5.11 Å². The van der Waals surface area contributed by atoms with E-state index in [-0.39, 0.29) is 0 Å². The summed E-state index contributed by atoms with van der Waals surface area (Å²) in [4.78, 5) is 2.12. The third kappa shape index (κ3) is 2.99. The van der Waals surface area contributed by atoms with Gasteiger partial charge in [0.25, 0.3) is 0 Å². The summed E-state index contributed by atoms with van der Waals surface area (Å²) in [5, 5.41) is 8.33. The minimum atomic E-state index is 0.688. The first-order chi connectivity index (χ1) is 3.85. The van der Waals surface area contributed by atoms with Crippen molar-refractivity contribution in [1.29, 1.82) is 0 Å². The van der Waals surface area contributed by atoms with Crippen LogP contribution in [0, 0.1) is 6.61 Å². The van der Waals surface area contributed by atoms with Crippen molar-refractivity contribution < 1.29 is 5.11 Å². The second-order valence-electron chi connectivity index (χ2n) is 1.67. The van der Waals surface area contributed by atoms with Gasteiger partial charge in [-0.25, -0.2) is 0 Å². The number of aliphatic hydroxyl groups is 1. The number of hydrogen-bond acceptors (Lipinski definition) is 2. The third-order valence-corrected chi connectivity index (χ3v) is 1.23. The lowest BCUT2D eigenvalue weighted by molar-refractivity contribution is 0.261. The lowest BCUT2D eigenvalue weighted by Gasteiger charge is -2.14. The molecule has 0 unspecified atom stereocenters. The van der Waals surface area contributed by atoms with Crippen molar-refractivity contribution in [3.05, 3.63) is 6.61 Å². The van der Waals surface area contributed by atoms with E-state index in [0.717, 1.165) is 13.1 Å². The smallest absolute Gasteiger partial charge is 0.0938 e. The van der Waals surface area contributed by atoms with Crippen LogP contribution >= 0.6 is 0 Å². The van der Waals surface area contributed by atoms with Crippen molar-refractivity contribution in [3.8, 4) is 0 Å². The second kappa shape index (κ2) is 5.06. The highest BCUT2D eigenvalue weighted by molar-refractivity contribution is 4.56. The molecule has 0 aliphatic rings. The van der Waals surface area contributed by atoms with Crippen LogP contribution in [0.25, 0.3) is 0 Å². The molecular weight excluding hydrogens is 102 g/mol. The minimum absolute atomic E-state index is 0.688. The van der Waals surface area contributed by atoms with Crippen molar-refractivity contribution in [2.24, 2.45) is 0 Å². The van der Waals surface area contributed by atoms with E-state index >= 15 is 0 Å². The first kappa shape index (κ1) is 7.92. The Morgan fingerprint density at radius 2 is 1.88 bits per heavy atom. The summed E-state index contributed by atoms with van der Waals surface area (Å²) in [6, 6.07) is 0. The number of aliphatic hydroxyl groups excluding tert-OH is 1. The van der Waals surface area contributed by atoms with E-state index in [1.165, 1.54) is 6.61 Å². The molecule has 0 saturated heterocycles. The summed E-state index contributed by atoms with van der Waals surface area (Å²) in [7, 11) is 0. The lowest BCUT2D eigenvalue weighted by atomic mass is 10.5. The summed E-state index contributed by atoms with van der Waals surface area (Å²) in [6.45, 7) is 8.04. The van der Waals surface area contributed by atoms with E-state index in [1.807, 2.05) is 0 Å². The van der Waals surface area contributed by atoms with Crippen LogP contribution in [0.5, 0.6) is 0 Å². The molecule has 0 rings (SSSR count). The van der Waals surface area contributed by atoms with Crippen LogP contribution in [0.15, 0.2) is 0 Å². The SMILES string of the molecule is CCN(CC)C[CH]O. The second-order valence-corrected chi connectivity index (χ2v) is 1.67. The Morgan fingerprint density at radius 1 is 1.38 bits per heavy atom. The number of nitrogens with zero attached hydrogens (tertiary/aromatic N) is 1. The molecule has 0 aliphatic heterocycles. The maximum atomic E-state index is 8.33. The van der Waals surface area contributed by atoms with Gasteiger partial charge in [-0.15, -0.1) is 0 Å². The molecule has 0 atom stereocenters. The quantitative estimate of drug-likeness (QED) is 0.589. The molecule has 0 heterocycles. The fraction of sp³-hybridized carbons (Fsp3) is 0.833. The molecule has 1 radical (unpaired) electrons. The van der Waals surface area contributed by atoms with Crippen molar-refractivity contribution >= 4 is 0 Å². The Bertz CT molecular complexity index is 43.8. The standard InChI is InChI=1S/C6H14NO/c1-3-7(4-2)5-6-8/h6,8H,3-5H2,1-2H3. The summed E-state index contributed by atoms with van der Waals surface area (Å²) >= 11 is 0. The van der Waals surface area contributed by atoms with E-state index in [0.29, 0.717) is 6.54 Å². The highest BCUT2D eigenvalue weighted by Crippen LogP contribution is 1.85. The van der Waals surface area contributed by atoms with Gasteiger partial charge in [0, 0.05) is 6.54 Å². The molecule has 2 nitrogen and oxygen atoms in total. The van der Waals surface area contributed by atoms with Crippen molar-refractivity contribution in [2.45, 2.75) is 13.8 Å². The van der Waals surface area contributed by atoms with Gasteiger partial charge >= 0.3 is 0 Å². The molecule has 0 aromatic heterocycles. The summed E-state index contributed by atoms with van der Waals surface area (Å²) < 4.78 is 0. The predicted molar refractivity (Wildman–Crippen MR) is 34.0 cm³/mol. The van der Waals surface area contributed by atoms with Gasteiger partial charge in [-0.1, -0.05) is 13.8 Å². The molecule has 0 saturated carbocycles. The Balaban J connectivity index is 3.07. The maximum Gasteiger partial charge on any atom is 0.0938 e. The van der Waals surface area contributed by atoms with E-state index < -0.39 is 0 Å². The average molecular weight is 116 g/mol. The molecule has 0 amide bonds. The van der Waals surface area contributed by atoms with Gasteiger partial charge in [-0.05, 0) is 13.1 Å². The van der Waals surface area contributed by atoms with Crippen LogP contribution in [-0.4, -0.2) is 29.6 Å². The fourth-order valence-electron chi connectivity index (χ4n) is 0.597. The molecule has 49 valence electrons. The molecule has 8 heavy (non-hydrogen) atoms. The average Bonchev–Trinajstić information content (AvgIpc) is 1.83. The summed E-state index contributed by atoms with van der Waals surface area (Å²) in [5.41, 5.74) is 0. The zero-order valence-corrected chi connectivity index (χ0v) is 5.59. The molecule has 0 aliphatic carbocycles. The van der Waals surface area contributed by atoms with Gasteiger partial charge in [0.1, 0.15) is 0 Å². The minimum Gasteiger partial charge on any atom is -0.389 e. The number of rotatable bonds is 4. The third-order valence-electron chi connectivity index (χ3n) is 1.23. The van der Waals surface area contributed by atoms with Gasteiger partial charge in [0.2, 0.25) is 0 Å². The summed E-state index contributed by atoms with van der Waals surface area (Å²) in [6.07, 6.45) is 0. The lowest BCUT2D eigenvalue weighted by Crippen LogP contribution is -2.23. The number of hydrogen-bond donors (Lipinski definition) is 1. The molecule has 0 fully saturated rings. The Hall–Kier alpha value is -0.0800. The van der Waals surface area contributed by atoms with Gasteiger partial charge in [-0.3, -0.25) is 0 Å². The molecule has 0 bridgehead atoms. The topological polar surface area (TPSA) is 23.5 Å². The first-order valence-corrected chi connectivity index (χ1v) is 3.03. The van der Waals surface area contributed by atoms with Gasteiger partial charge < -0.3 is 10.0 Å². The Morgan fingerprint density at radius 3 is 2.00 bits per heavy atom. The Kier molecular flexibility index (Phi) is 5.01. The maximum absolute atomic E-state index is 8.33. The molecule has 0 spiro atoms. The van der Waals surface area contributed by atoms with Crippen molar-refractivity contribution in [2.75, 3.05) is 19.6 Å². The highest BCUT2D eigenvalue weighted by atomic mass is 16.3.